The van der Waals surface area contributed by atoms with Crippen LogP contribution in [0.15, 0.2) is 24.3 Å². The van der Waals surface area contributed by atoms with Gasteiger partial charge in [0.15, 0.2) is 0 Å². The number of nitrogens with zero attached hydrogens (tertiary/aromatic N) is 1. The first-order valence-corrected chi connectivity index (χ1v) is 5.82. The third-order valence-electron chi connectivity index (χ3n) is 2.70. The number of nitrogens with one attached hydrogen (secondary N) is 1. The molecule has 0 saturated heterocycles. The number of hydrogen-bond acceptors (Lipinski definition) is 3. The van der Waals surface area contributed by atoms with Gasteiger partial charge in [0.1, 0.15) is 0 Å². The molecule has 0 spiro atoms. The minimum Gasteiger partial charge on any atom is -0.369 e. The molecule has 0 bridgehead atoms. The number of Topliss-reactive ketones (excluding diaryl/α,β-unsaturated/α-hetero) is 1. The first kappa shape index (κ1) is 12.6. The molecule has 18 heavy (non-hydrogen) atoms. The van der Waals surface area contributed by atoms with Crippen LogP contribution in [-0.4, -0.2) is 25.3 Å². The Hall–Kier alpha value is -1.81. The fourth-order valence-corrected chi connectivity index (χ4v) is 2.25. The summed E-state index contributed by atoms with van der Waals surface area (Å²) in [7, 11) is 1.88. The monoisotopic (exact) mass is 264 g/mol. The lowest BCUT2D eigenvalue weighted by Gasteiger charge is -2.21. The lowest BCUT2D eigenvalue weighted by Crippen LogP contribution is -2.19. The Bertz CT molecular complexity index is 566. The van der Waals surface area contributed by atoms with Gasteiger partial charge >= 0.3 is 0 Å². The van der Waals surface area contributed by atoms with Crippen molar-refractivity contribution in [3.05, 3.63) is 34.9 Å². The summed E-state index contributed by atoms with van der Waals surface area (Å²) in [4.78, 5) is 24.7. The van der Waals surface area contributed by atoms with Crippen LogP contribution in [0, 0.1) is 0 Å². The van der Waals surface area contributed by atoms with Crippen LogP contribution >= 0.6 is 11.6 Å². The quantitative estimate of drug-likeness (QED) is 0.674. The highest BCUT2D eigenvalue weighted by molar-refractivity contribution is 6.52. The van der Waals surface area contributed by atoms with Crippen molar-refractivity contribution >= 4 is 34.7 Å². The molecule has 0 aromatic heterocycles. The molecule has 2 rings (SSSR count). The molecule has 0 atom stereocenters. The first-order chi connectivity index (χ1) is 8.40. The largest absolute Gasteiger partial charge is 0.369 e. The van der Waals surface area contributed by atoms with Gasteiger partial charge < -0.3 is 10.2 Å². The van der Waals surface area contributed by atoms with Gasteiger partial charge in [-0.15, -0.1) is 0 Å². The summed E-state index contributed by atoms with van der Waals surface area (Å²) >= 11 is 6.14. The molecule has 4 nitrogen and oxygen atoms in total. The van der Waals surface area contributed by atoms with Crippen LogP contribution in [0.3, 0.4) is 0 Å². The minimum atomic E-state index is -0.610. The lowest BCUT2D eigenvalue weighted by atomic mass is 10.1. The number of anilines is 2. The average Bonchev–Trinajstić information content (AvgIpc) is 2.53. The van der Waals surface area contributed by atoms with E-state index in [4.69, 9.17) is 11.6 Å². The SMILES string of the molecule is C=C(C)CN(C)c1cc2c(cc1Cl)C(=O)C(=O)N2. The summed E-state index contributed by atoms with van der Waals surface area (Å²) in [5, 5.41) is 2.97. The van der Waals surface area contributed by atoms with Crippen molar-refractivity contribution in [2.24, 2.45) is 0 Å². The zero-order chi connectivity index (χ0) is 13.4. The second-order valence-corrected chi connectivity index (χ2v) is 4.85. The maximum atomic E-state index is 11.5. The van der Waals surface area contributed by atoms with Crippen LogP contribution in [0.1, 0.15) is 17.3 Å². The minimum absolute atomic E-state index is 0.331. The highest BCUT2D eigenvalue weighted by atomic mass is 35.5. The van der Waals surface area contributed by atoms with Crippen LogP contribution in [0.5, 0.6) is 0 Å². The average molecular weight is 265 g/mol. The fraction of sp³-hybridized carbons (Fsp3) is 0.231. The van der Waals surface area contributed by atoms with Gasteiger partial charge in [0, 0.05) is 13.6 Å². The maximum absolute atomic E-state index is 11.5. The molecular weight excluding hydrogens is 252 g/mol. The van der Waals surface area contributed by atoms with E-state index in [0.717, 1.165) is 11.3 Å². The van der Waals surface area contributed by atoms with Crippen molar-refractivity contribution in [1.82, 2.24) is 0 Å². The van der Waals surface area contributed by atoms with Crippen molar-refractivity contribution in [3.8, 4) is 0 Å². The molecule has 1 N–H and O–H groups in total. The molecule has 0 saturated carbocycles. The van der Waals surface area contributed by atoms with E-state index < -0.39 is 11.7 Å². The Kier molecular flexibility index (Phi) is 3.13. The van der Waals surface area contributed by atoms with Gasteiger partial charge in [0.2, 0.25) is 0 Å². The Labute approximate surface area is 110 Å². The molecule has 1 amide bonds. The molecule has 1 aliphatic rings. The third-order valence-corrected chi connectivity index (χ3v) is 3.01. The van der Waals surface area contributed by atoms with Crippen molar-refractivity contribution in [2.45, 2.75) is 6.92 Å². The van der Waals surface area contributed by atoms with E-state index in [1.807, 2.05) is 18.9 Å². The number of amides is 1. The Morgan fingerprint density at radius 1 is 1.44 bits per heavy atom. The molecule has 1 aromatic carbocycles. The summed E-state index contributed by atoms with van der Waals surface area (Å²) in [6, 6.07) is 3.24. The normalized spacial score (nSPS) is 13.3. The number of carbonyl (C=O) groups excluding carboxylic acids is 2. The van der Waals surface area contributed by atoms with Crippen LogP contribution in [0.2, 0.25) is 5.02 Å². The van der Waals surface area contributed by atoms with E-state index in [1.165, 1.54) is 6.07 Å². The number of hydrogen-bond donors (Lipinski definition) is 1. The predicted octanol–water partition coefficient (Wildman–Crippen LogP) is 2.49. The van der Waals surface area contributed by atoms with E-state index >= 15 is 0 Å². The zero-order valence-corrected chi connectivity index (χ0v) is 11.0. The van der Waals surface area contributed by atoms with Crippen molar-refractivity contribution < 1.29 is 9.59 Å². The number of carbonyl (C=O) groups is 2. The van der Waals surface area contributed by atoms with Crippen LogP contribution in [-0.2, 0) is 4.79 Å². The second kappa shape index (κ2) is 4.46. The van der Waals surface area contributed by atoms with Crippen LogP contribution in [0.25, 0.3) is 0 Å². The summed E-state index contributed by atoms with van der Waals surface area (Å²) < 4.78 is 0. The highest BCUT2D eigenvalue weighted by Crippen LogP contribution is 2.34. The van der Waals surface area contributed by atoms with Gasteiger partial charge in [-0.1, -0.05) is 23.8 Å². The molecular formula is C13H13ClN2O2. The van der Waals surface area contributed by atoms with E-state index in [0.29, 0.717) is 22.8 Å². The molecule has 0 unspecified atom stereocenters. The lowest BCUT2D eigenvalue weighted by molar-refractivity contribution is -0.112. The molecule has 1 aliphatic heterocycles. The number of benzene rings is 1. The predicted molar refractivity (Wildman–Crippen MR) is 72.5 cm³/mol. The molecule has 1 aromatic rings. The standard InChI is InChI=1S/C13H13ClN2O2/c1-7(2)6-16(3)11-5-10-8(4-9(11)14)12(17)13(18)15-10/h4-5H,1,6H2,2-3H3,(H,15,17,18). The van der Waals surface area contributed by atoms with E-state index in [-0.39, 0.29) is 0 Å². The Balaban J connectivity index is 2.41. The number of fused-ring (bicyclic) bond motifs is 1. The van der Waals surface area contributed by atoms with Gasteiger partial charge in [-0.25, -0.2) is 0 Å². The highest BCUT2D eigenvalue weighted by Gasteiger charge is 2.29. The number of likely N-dealkylation sites (N-methyl/N-ethyl adjacent to an activating group) is 1. The molecule has 0 radical (unpaired) electrons. The van der Waals surface area contributed by atoms with Gasteiger partial charge in [0.05, 0.1) is 22.0 Å². The van der Waals surface area contributed by atoms with E-state index in [9.17, 15) is 9.59 Å². The number of rotatable bonds is 3. The molecule has 5 heteroatoms. The smallest absolute Gasteiger partial charge is 0.296 e. The molecule has 94 valence electrons. The molecule has 1 heterocycles. The Morgan fingerprint density at radius 2 is 2.11 bits per heavy atom. The Morgan fingerprint density at radius 3 is 2.72 bits per heavy atom. The maximum Gasteiger partial charge on any atom is 0.296 e. The van der Waals surface area contributed by atoms with Gasteiger partial charge in [-0.05, 0) is 19.1 Å². The number of ketones is 1. The van der Waals surface area contributed by atoms with E-state index in [2.05, 4.69) is 11.9 Å². The van der Waals surface area contributed by atoms with Gasteiger partial charge in [-0.3, -0.25) is 9.59 Å². The molecule has 0 fully saturated rings. The third kappa shape index (κ3) is 2.11. The topological polar surface area (TPSA) is 49.4 Å². The second-order valence-electron chi connectivity index (χ2n) is 4.45. The van der Waals surface area contributed by atoms with Crippen molar-refractivity contribution in [3.63, 3.8) is 0 Å². The van der Waals surface area contributed by atoms with Crippen molar-refractivity contribution in [2.75, 3.05) is 23.8 Å². The van der Waals surface area contributed by atoms with Gasteiger partial charge in [0.25, 0.3) is 11.7 Å². The van der Waals surface area contributed by atoms with Crippen molar-refractivity contribution in [1.29, 1.82) is 0 Å². The van der Waals surface area contributed by atoms with E-state index in [1.54, 1.807) is 6.07 Å². The zero-order valence-electron chi connectivity index (χ0n) is 10.2. The summed E-state index contributed by atoms with van der Waals surface area (Å²) in [6.45, 7) is 6.41. The summed E-state index contributed by atoms with van der Waals surface area (Å²) in [5.41, 5.74) is 2.60. The van der Waals surface area contributed by atoms with Gasteiger partial charge in [-0.2, -0.15) is 0 Å². The summed E-state index contributed by atoms with van der Waals surface area (Å²) in [5.74, 6) is -1.15. The van der Waals surface area contributed by atoms with Crippen LogP contribution < -0.4 is 10.2 Å². The molecule has 0 aliphatic carbocycles. The summed E-state index contributed by atoms with van der Waals surface area (Å²) in [6.07, 6.45) is 0. The first-order valence-electron chi connectivity index (χ1n) is 5.45. The fourth-order valence-electron chi connectivity index (χ4n) is 1.94. The number of halogens is 1. The van der Waals surface area contributed by atoms with Crippen LogP contribution in [0.4, 0.5) is 11.4 Å².